The summed E-state index contributed by atoms with van der Waals surface area (Å²) < 4.78 is 13.9. The van der Waals surface area contributed by atoms with Crippen molar-refractivity contribution in [1.82, 2.24) is 0 Å². The fourth-order valence-electron chi connectivity index (χ4n) is 0.138. The summed E-state index contributed by atoms with van der Waals surface area (Å²) in [6.07, 6.45) is 2.17. The molecular weight excluding hydrogens is 90.9 g/mol. The zero-order chi connectivity index (χ0) is 5.54. The molecule has 0 N–H and O–H groups in total. The summed E-state index contributed by atoms with van der Waals surface area (Å²) in [5, 5.41) is 0. The van der Waals surface area contributed by atoms with Crippen molar-refractivity contribution in [2.24, 2.45) is 0 Å². The van der Waals surface area contributed by atoms with E-state index in [9.17, 15) is 4.70 Å². The summed E-state index contributed by atoms with van der Waals surface area (Å²) in [5.74, 6) is 2.10. The Morgan fingerprint density at radius 2 is 2.57 bits per heavy atom. The third kappa shape index (κ3) is 5.22. The first kappa shape index (κ1) is 6.22. The van der Waals surface area contributed by atoms with Crippen molar-refractivity contribution in [2.45, 2.75) is 6.92 Å². The molecule has 0 atom stereocenters. The Hall–Kier alpha value is -0.775. The van der Waals surface area contributed by atoms with Gasteiger partial charge in [0.2, 0.25) is 0 Å². The maximum absolute atomic E-state index is 9.43. The zero-order valence-electron chi connectivity index (χ0n) is 4.10. The normalized spacial score (nSPS) is 5.29. The minimum atomic E-state index is 0.496. The summed E-state index contributed by atoms with van der Waals surface area (Å²) in [5.41, 5.74) is 0. The quantitative estimate of drug-likeness (QED) is 0.339. The van der Waals surface area contributed by atoms with E-state index >= 15 is 0 Å². The minimum absolute atomic E-state index is 0.496. The van der Waals surface area contributed by atoms with Crippen LogP contribution in [0.1, 0.15) is 6.92 Å². The van der Waals surface area contributed by atoms with Crippen LogP contribution in [0.3, 0.4) is 0 Å². The summed E-state index contributed by atoms with van der Waals surface area (Å²) in [4.78, 5) is 0. The van der Waals surface area contributed by atoms with Crippen molar-refractivity contribution >= 4 is 7.15 Å². The van der Waals surface area contributed by atoms with Crippen LogP contribution in [0.2, 0.25) is 0 Å². The number of hydrogen-bond donors (Lipinski definition) is 0. The van der Waals surface area contributed by atoms with Crippen LogP contribution in [0.5, 0.6) is 0 Å². The molecule has 0 aromatic carbocycles. The predicted octanol–water partition coefficient (Wildman–Crippen LogP) is -0.00900. The monoisotopic (exact) mass is 96.0 g/mol. The molecular formula is C4H5BO2. The zero-order valence-corrected chi connectivity index (χ0v) is 4.10. The molecule has 0 amide bonds. The summed E-state index contributed by atoms with van der Waals surface area (Å²) in [6.45, 7) is 2.33. The molecule has 2 nitrogen and oxygen atoms in total. The molecule has 0 spiro atoms. The van der Waals surface area contributed by atoms with Gasteiger partial charge in [-0.05, 0) is 0 Å². The Bertz CT molecular complexity index is 100.0. The van der Waals surface area contributed by atoms with Gasteiger partial charge in [-0.2, -0.15) is 0 Å². The van der Waals surface area contributed by atoms with Gasteiger partial charge in [0.15, 0.2) is 0 Å². The molecule has 7 heavy (non-hydrogen) atoms. The standard InChI is InChI=1S/C4H5BO2/c1-2-7-4-3-5-6/h2H2,1H3. The Morgan fingerprint density at radius 3 is 3.00 bits per heavy atom. The Kier molecular flexibility index (Phi) is 4.65. The molecule has 0 heterocycles. The first-order valence-corrected chi connectivity index (χ1v) is 1.97. The molecule has 0 aliphatic heterocycles. The predicted molar refractivity (Wildman–Crippen MR) is 25.8 cm³/mol. The molecule has 0 radical (unpaired) electrons. The van der Waals surface area contributed by atoms with Crippen molar-refractivity contribution in [3.8, 4) is 11.9 Å². The first-order chi connectivity index (χ1) is 3.41. The van der Waals surface area contributed by atoms with Crippen molar-refractivity contribution in [3.05, 3.63) is 0 Å². The molecule has 0 rings (SSSR count). The Balaban J connectivity index is 3.07. The van der Waals surface area contributed by atoms with E-state index in [4.69, 9.17) is 0 Å². The molecule has 0 aromatic rings. The van der Waals surface area contributed by atoms with Crippen molar-refractivity contribution < 1.29 is 9.44 Å². The van der Waals surface area contributed by atoms with Gasteiger partial charge in [0, 0.05) is 0 Å². The third-order valence-corrected chi connectivity index (χ3v) is 0.334. The topological polar surface area (TPSA) is 26.3 Å². The molecule has 0 aliphatic carbocycles. The van der Waals surface area contributed by atoms with E-state index in [1.54, 1.807) is 6.92 Å². The Morgan fingerprint density at radius 1 is 1.86 bits per heavy atom. The van der Waals surface area contributed by atoms with Gasteiger partial charge in [-0.3, -0.25) is 0 Å². The van der Waals surface area contributed by atoms with Crippen molar-refractivity contribution in [3.63, 3.8) is 0 Å². The van der Waals surface area contributed by atoms with Gasteiger partial charge in [-0.15, -0.1) is 0 Å². The molecule has 36 valence electrons. The SMILES string of the molecule is CCOC#CB=O. The molecule has 0 unspecified atom stereocenters. The van der Waals surface area contributed by atoms with E-state index in [2.05, 4.69) is 16.7 Å². The van der Waals surface area contributed by atoms with E-state index in [0.29, 0.717) is 13.8 Å². The fourth-order valence-corrected chi connectivity index (χ4v) is 0.138. The Labute approximate surface area is 43.1 Å². The van der Waals surface area contributed by atoms with Gasteiger partial charge in [0.1, 0.15) is 0 Å². The second-order valence-electron chi connectivity index (χ2n) is 0.797. The second kappa shape index (κ2) is 5.22. The van der Waals surface area contributed by atoms with Crippen molar-refractivity contribution in [1.29, 1.82) is 0 Å². The van der Waals surface area contributed by atoms with Crippen LogP contribution < -0.4 is 0 Å². The first-order valence-electron chi connectivity index (χ1n) is 1.97. The van der Waals surface area contributed by atoms with Crippen LogP contribution in [0.4, 0.5) is 0 Å². The number of hydrogen-bond acceptors (Lipinski definition) is 2. The molecule has 0 saturated carbocycles. The van der Waals surface area contributed by atoms with E-state index in [0.717, 1.165) is 0 Å². The van der Waals surface area contributed by atoms with Crippen LogP contribution in [0.25, 0.3) is 0 Å². The van der Waals surface area contributed by atoms with Crippen LogP contribution >= 0.6 is 0 Å². The van der Waals surface area contributed by atoms with Gasteiger partial charge in [0.05, 0.1) is 0 Å². The van der Waals surface area contributed by atoms with Crippen molar-refractivity contribution in [2.75, 3.05) is 6.61 Å². The summed E-state index contributed by atoms with van der Waals surface area (Å²) in [6, 6.07) is 0. The van der Waals surface area contributed by atoms with Gasteiger partial charge in [0.25, 0.3) is 0 Å². The van der Waals surface area contributed by atoms with Crippen LogP contribution in [0, 0.1) is 11.9 Å². The molecule has 0 aliphatic rings. The maximum atomic E-state index is 9.43. The van der Waals surface area contributed by atoms with Crippen LogP contribution in [-0.4, -0.2) is 13.8 Å². The van der Waals surface area contributed by atoms with Gasteiger partial charge >= 0.3 is 42.0 Å². The van der Waals surface area contributed by atoms with E-state index in [-0.39, 0.29) is 0 Å². The van der Waals surface area contributed by atoms with Crippen LogP contribution in [0.15, 0.2) is 0 Å². The summed E-state index contributed by atoms with van der Waals surface area (Å²) >= 11 is 0. The van der Waals surface area contributed by atoms with E-state index in [1.165, 1.54) is 0 Å². The number of rotatable bonds is 1. The molecule has 0 bridgehead atoms. The fraction of sp³-hybridized carbons (Fsp3) is 0.500. The van der Waals surface area contributed by atoms with Gasteiger partial charge in [-0.1, -0.05) is 0 Å². The molecule has 3 heteroatoms. The van der Waals surface area contributed by atoms with E-state index < -0.39 is 0 Å². The average Bonchev–Trinajstić information content (AvgIpc) is 1.69. The number of ether oxygens (including phenoxy) is 1. The third-order valence-electron chi connectivity index (χ3n) is 0.334. The molecule has 0 saturated heterocycles. The summed E-state index contributed by atoms with van der Waals surface area (Å²) in [7, 11) is 0.496. The second-order valence-corrected chi connectivity index (χ2v) is 0.797. The molecule has 0 fully saturated rings. The van der Waals surface area contributed by atoms with Crippen LogP contribution in [-0.2, 0) is 9.44 Å². The average molecular weight is 95.9 g/mol. The molecule has 0 aromatic heterocycles. The van der Waals surface area contributed by atoms with E-state index in [1.807, 2.05) is 0 Å². The van der Waals surface area contributed by atoms with Gasteiger partial charge in [-0.25, -0.2) is 0 Å². The van der Waals surface area contributed by atoms with Gasteiger partial charge < -0.3 is 0 Å².